The molecule has 1 unspecified atom stereocenters. The number of phenols is 1. The van der Waals surface area contributed by atoms with E-state index in [1.54, 1.807) is 19.3 Å². The van der Waals surface area contributed by atoms with E-state index in [4.69, 9.17) is 0 Å². The zero-order valence-electron chi connectivity index (χ0n) is 18.5. The smallest absolute Gasteiger partial charge is 0.125 e. The summed E-state index contributed by atoms with van der Waals surface area (Å²) in [5.41, 5.74) is 4.36. The molecule has 1 atom stereocenters. The van der Waals surface area contributed by atoms with Crippen LogP contribution in [-0.2, 0) is 0 Å². The van der Waals surface area contributed by atoms with E-state index < -0.39 is 0 Å². The van der Waals surface area contributed by atoms with Crippen LogP contribution < -0.4 is 4.90 Å². The summed E-state index contributed by atoms with van der Waals surface area (Å²) in [4.78, 5) is 1.86. The Morgan fingerprint density at radius 2 is 2.03 bits per heavy atom. The second-order valence-electron chi connectivity index (χ2n) is 6.69. The van der Waals surface area contributed by atoms with Crippen LogP contribution in [0.15, 0.2) is 70.8 Å². The van der Waals surface area contributed by atoms with Crippen molar-refractivity contribution in [3.05, 3.63) is 66.2 Å². The van der Waals surface area contributed by atoms with Gasteiger partial charge in [0, 0.05) is 49.1 Å². The minimum atomic E-state index is -0.0147. The Balaban J connectivity index is 3.66. The SMILES string of the molecule is C=CN(/C=C\C)c1ccc(/C(=C/C(N=NC)=C(C)C)C(C#CCC)CC)c(O)c1. The van der Waals surface area contributed by atoms with Gasteiger partial charge in [0.15, 0.2) is 0 Å². The van der Waals surface area contributed by atoms with E-state index in [1.807, 2.05) is 63.1 Å². The van der Waals surface area contributed by atoms with Crippen LogP contribution >= 0.6 is 0 Å². The number of anilines is 1. The summed E-state index contributed by atoms with van der Waals surface area (Å²) >= 11 is 0. The van der Waals surface area contributed by atoms with Crippen molar-refractivity contribution >= 4 is 11.3 Å². The van der Waals surface area contributed by atoms with Gasteiger partial charge in [-0.2, -0.15) is 10.2 Å². The molecule has 0 aromatic heterocycles. The van der Waals surface area contributed by atoms with Crippen molar-refractivity contribution in [2.24, 2.45) is 16.1 Å². The fourth-order valence-electron chi connectivity index (χ4n) is 2.86. The van der Waals surface area contributed by atoms with Crippen LogP contribution in [-0.4, -0.2) is 12.2 Å². The Morgan fingerprint density at radius 3 is 2.52 bits per heavy atom. The van der Waals surface area contributed by atoms with E-state index in [0.29, 0.717) is 0 Å². The lowest BCUT2D eigenvalue weighted by Gasteiger charge is -2.19. The van der Waals surface area contributed by atoms with Crippen molar-refractivity contribution in [2.75, 3.05) is 11.9 Å². The Hall–Kier alpha value is -3.06. The Morgan fingerprint density at radius 1 is 1.31 bits per heavy atom. The van der Waals surface area contributed by atoms with Crippen LogP contribution in [0.25, 0.3) is 5.57 Å². The van der Waals surface area contributed by atoms with Gasteiger partial charge in [0.1, 0.15) is 5.75 Å². The summed E-state index contributed by atoms with van der Waals surface area (Å²) in [5.74, 6) is 6.71. The maximum absolute atomic E-state index is 10.9. The van der Waals surface area contributed by atoms with Crippen molar-refractivity contribution in [2.45, 2.75) is 47.5 Å². The Bertz CT molecular complexity index is 875. The minimum absolute atomic E-state index is 0.0147. The molecular formula is C25H33N3O. The molecule has 0 bridgehead atoms. The lowest BCUT2D eigenvalue weighted by atomic mass is 9.88. The van der Waals surface area contributed by atoms with Gasteiger partial charge >= 0.3 is 0 Å². The summed E-state index contributed by atoms with van der Waals surface area (Å²) < 4.78 is 0. The molecule has 154 valence electrons. The third kappa shape index (κ3) is 6.80. The van der Waals surface area contributed by atoms with E-state index in [1.165, 1.54) is 0 Å². The highest BCUT2D eigenvalue weighted by atomic mass is 16.3. The first kappa shape index (κ1) is 24.0. The van der Waals surface area contributed by atoms with Crippen LogP contribution in [0.3, 0.4) is 0 Å². The first-order chi connectivity index (χ1) is 13.9. The molecule has 0 fully saturated rings. The van der Waals surface area contributed by atoms with Crippen LogP contribution in [0.5, 0.6) is 5.75 Å². The standard InChI is InChI=1S/C25H33N3O/c1-8-12-13-20(10-3)23(18-24(19(5)6)27-26-7)22-15-14-21(17-25(22)29)28(11-4)16-9-2/h9,11,14-18,20,29H,4,8,10H2,1-3,5-7H3/b16-9-,23-18+,27-26?. The van der Waals surface area contributed by atoms with Gasteiger partial charge in [0.2, 0.25) is 0 Å². The summed E-state index contributed by atoms with van der Waals surface area (Å²) in [6.07, 6.45) is 9.13. The lowest BCUT2D eigenvalue weighted by Crippen LogP contribution is -2.06. The van der Waals surface area contributed by atoms with Crippen LogP contribution in [0.2, 0.25) is 0 Å². The number of allylic oxidation sites excluding steroid dienone is 4. The predicted octanol–water partition coefficient (Wildman–Crippen LogP) is 7.07. The molecule has 29 heavy (non-hydrogen) atoms. The van der Waals surface area contributed by atoms with Gasteiger partial charge in [-0.05, 0) is 56.5 Å². The number of hydrogen-bond acceptors (Lipinski definition) is 4. The van der Waals surface area contributed by atoms with Gasteiger partial charge in [-0.15, -0.1) is 5.92 Å². The quantitative estimate of drug-likeness (QED) is 0.292. The van der Waals surface area contributed by atoms with E-state index in [0.717, 1.165) is 40.9 Å². The average molecular weight is 392 g/mol. The van der Waals surface area contributed by atoms with Gasteiger partial charge in [-0.1, -0.05) is 32.4 Å². The highest BCUT2D eigenvalue weighted by Crippen LogP contribution is 2.36. The number of hydrogen-bond donors (Lipinski definition) is 1. The highest BCUT2D eigenvalue weighted by molar-refractivity contribution is 5.78. The van der Waals surface area contributed by atoms with Crippen molar-refractivity contribution in [1.82, 2.24) is 0 Å². The number of azo groups is 1. The van der Waals surface area contributed by atoms with E-state index in [9.17, 15) is 5.11 Å². The van der Waals surface area contributed by atoms with Gasteiger partial charge in [-0.25, -0.2) is 0 Å². The monoisotopic (exact) mass is 391 g/mol. The number of rotatable bonds is 8. The largest absolute Gasteiger partial charge is 0.507 e. The number of nitrogens with zero attached hydrogens (tertiary/aromatic N) is 3. The molecule has 1 N–H and O–H groups in total. The van der Waals surface area contributed by atoms with Crippen molar-refractivity contribution in [3.8, 4) is 17.6 Å². The predicted molar refractivity (Wildman–Crippen MR) is 125 cm³/mol. The topological polar surface area (TPSA) is 48.2 Å². The molecule has 4 heteroatoms. The molecule has 1 aromatic carbocycles. The molecule has 0 spiro atoms. The van der Waals surface area contributed by atoms with E-state index >= 15 is 0 Å². The summed E-state index contributed by atoms with van der Waals surface area (Å²) in [7, 11) is 1.65. The maximum Gasteiger partial charge on any atom is 0.125 e. The molecule has 1 aromatic rings. The molecule has 0 heterocycles. The molecule has 0 saturated heterocycles. The second-order valence-corrected chi connectivity index (χ2v) is 6.69. The Labute approximate surface area is 176 Å². The number of benzene rings is 1. The fourth-order valence-corrected chi connectivity index (χ4v) is 2.86. The third-order valence-electron chi connectivity index (χ3n) is 4.35. The van der Waals surface area contributed by atoms with Crippen molar-refractivity contribution in [3.63, 3.8) is 0 Å². The molecule has 0 aliphatic carbocycles. The normalized spacial score (nSPS) is 12.6. The molecule has 0 saturated carbocycles. The zero-order valence-corrected chi connectivity index (χ0v) is 18.5. The zero-order chi connectivity index (χ0) is 21.8. The molecule has 0 radical (unpaired) electrons. The second kappa shape index (κ2) is 12.4. The molecule has 4 nitrogen and oxygen atoms in total. The third-order valence-corrected chi connectivity index (χ3v) is 4.35. The Kier molecular flexibility index (Phi) is 10.3. The van der Waals surface area contributed by atoms with Crippen LogP contribution in [0.1, 0.15) is 53.0 Å². The van der Waals surface area contributed by atoms with E-state index in [-0.39, 0.29) is 11.7 Å². The maximum atomic E-state index is 10.9. The number of aromatic hydroxyl groups is 1. The van der Waals surface area contributed by atoms with Gasteiger partial charge in [0.05, 0.1) is 5.70 Å². The van der Waals surface area contributed by atoms with Gasteiger partial charge < -0.3 is 10.0 Å². The molecular weight excluding hydrogens is 358 g/mol. The summed E-state index contributed by atoms with van der Waals surface area (Å²) in [5, 5.41) is 19.1. The molecule has 0 amide bonds. The molecule has 0 aliphatic rings. The molecule has 0 aliphatic heterocycles. The van der Waals surface area contributed by atoms with Crippen LogP contribution in [0.4, 0.5) is 5.69 Å². The van der Waals surface area contributed by atoms with Crippen molar-refractivity contribution < 1.29 is 5.11 Å². The van der Waals surface area contributed by atoms with Gasteiger partial charge in [-0.3, -0.25) is 0 Å². The first-order valence-electron chi connectivity index (χ1n) is 9.97. The summed E-state index contributed by atoms with van der Waals surface area (Å²) in [6, 6.07) is 5.64. The fraction of sp³-hybridized carbons (Fsp3) is 0.360. The van der Waals surface area contributed by atoms with Gasteiger partial charge in [0.25, 0.3) is 0 Å². The van der Waals surface area contributed by atoms with Crippen LogP contribution in [0, 0.1) is 17.8 Å². The highest BCUT2D eigenvalue weighted by Gasteiger charge is 2.17. The summed E-state index contributed by atoms with van der Waals surface area (Å²) in [6.45, 7) is 13.9. The molecule has 1 rings (SSSR count). The first-order valence-corrected chi connectivity index (χ1v) is 9.97. The van der Waals surface area contributed by atoms with E-state index in [2.05, 4.69) is 35.6 Å². The number of phenolic OH excluding ortho intramolecular Hbond substituents is 1. The van der Waals surface area contributed by atoms with Crippen molar-refractivity contribution in [1.29, 1.82) is 0 Å². The average Bonchev–Trinajstić information content (AvgIpc) is 2.70. The lowest BCUT2D eigenvalue weighted by molar-refractivity contribution is 0.473. The minimum Gasteiger partial charge on any atom is -0.507 e.